The Labute approximate surface area is 124 Å². The molecule has 124 valence electrons. The monoisotopic (exact) mass is 308 g/mol. The zero-order valence-electron chi connectivity index (χ0n) is 12.4. The molecule has 0 spiro atoms. The first-order valence-corrected chi connectivity index (χ1v) is 6.79. The summed E-state index contributed by atoms with van der Waals surface area (Å²) < 4.78 is 25.4. The second-order valence-electron chi connectivity index (χ2n) is 3.93. The van der Waals surface area contributed by atoms with Crippen molar-refractivity contribution in [2.24, 2.45) is 0 Å². The zero-order chi connectivity index (χ0) is 15.8. The Bertz CT molecular complexity index is 243. The lowest BCUT2D eigenvalue weighted by atomic mass is 10.5. The van der Waals surface area contributed by atoms with Crippen LogP contribution in [0.25, 0.3) is 0 Å². The highest BCUT2D eigenvalue weighted by Gasteiger charge is 1.96. The van der Waals surface area contributed by atoms with E-state index in [-0.39, 0.29) is 25.6 Å². The van der Waals surface area contributed by atoms with Crippen molar-refractivity contribution < 1.29 is 38.4 Å². The molecule has 0 fully saturated rings. The van der Waals surface area contributed by atoms with E-state index >= 15 is 0 Å². The molecule has 0 aliphatic carbocycles. The average Bonchev–Trinajstić information content (AvgIpc) is 2.42. The fourth-order valence-electron chi connectivity index (χ4n) is 1.17. The highest BCUT2D eigenvalue weighted by atomic mass is 16.6. The number of carboxylic acid groups (broad SMARTS) is 1. The van der Waals surface area contributed by atoms with Gasteiger partial charge in [0.15, 0.2) is 0 Å². The third-order valence-corrected chi connectivity index (χ3v) is 2.11. The molecule has 0 bridgehead atoms. The Morgan fingerprint density at radius 3 is 1.48 bits per heavy atom. The molecule has 0 aromatic carbocycles. The third kappa shape index (κ3) is 18.8. The predicted molar refractivity (Wildman–Crippen MR) is 72.2 cm³/mol. The van der Waals surface area contributed by atoms with Crippen molar-refractivity contribution in [2.75, 3.05) is 59.5 Å². The summed E-state index contributed by atoms with van der Waals surface area (Å²) in [7, 11) is 0. The topological polar surface area (TPSA) is 101 Å². The molecule has 0 saturated heterocycles. The molecule has 0 heterocycles. The summed E-state index contributed by atoms with van der Waals surface area (Å²) in [6.07, 6.45) is 0.000563. The number of carbonyl (C=O) groups is 2. The van der Waals surface area contributed by atoms with Crippen LogP contribution in [0, 0.1) is 0 Å². The second kappa shape index (κ2) is 15.2. The van der Waals surface area contributed by atoms with Gasteiger partial charge in [0.25, 0.3) is 0 Å². The molecule has 0 aromatic rings. The molecule has 0 radical (unpaired) electrons. The van der Waals surface area contributed by atoms with Crippen LogP contribution in [0.3, 0.4) is 0 Å². The molecule has 0 aliphatic rings. The molecular formula is C13H24O8. The van der Waals surface area contributed by atoms with E-state index in [1.165, 1.54) is 6.92 Å². The summed E-state index contributed by atoms with van der Waals surface area (Å²) in [5.41, 5.74) is 0. The van der Waals surface area contributed by atoms with Crippen molar-refractivity contribution in [3.63, 3.8) is 0 Å². The summed E-state index contributed by atoms with van der Waals surface area (Å²) in [4.78, 5) is 20.6. The minimum absolute atomic E-state index is 0.000563. The SMILES string of the molecule is CC(=O)OCCOCCOCCOCCOCCC(=O)O. The van der Waals surface area contributed by atoms with Gasteiger partial charge in [-0.05, 0) is 0 Å². The molecule has 21 heavy (non-hydrogen) atoms. The maximum absolute atomic E-state index is 10.4. The number of hydrogen-bond donors (Lipinski definition) is 1. The Balaban J connectivity index is 2.99. The molecule has 0 saturated carbocycles. The van der Waals surface area contributed by atoms with Gasteiger partial charge in [0.2, 0.25) is 0 Å². The number of aliphatic carboxylic acids is 1. The third-order valence-electron chi connectivity index (χ3n) is 2.11. The number of carboxylic acids is 1. The van der Waals surface area contributed by atoms with Crippen LogP contribution in [0.15, 0.2) is 0 Å². The van der Waals surface area contributed by atoms with Crippen LogP contribution < -0.4 is 0 Å². The van der Waals surface area contributed by atoms with E-state index in [0.717, 1.165) is 0 Å². The van der Waals surface area contributed by atoms with Gasteiger partial charge >= 0.3 is 11.9 Å². The van der Waals surface area contributed by atoms with Crippen molar-refractivity contribution in [1.82, 2.24) is 0 Å². The number of rotatable bonds is 15. The van der Waals surface area contributed by atoms with Crippen LogP contribution in [0.4, 0.5) is 0 Å². The normalized spacial score (nSPS) is 10.5. The Hall–Kier alpha value is -1.22. The fraction of sp³-hybridized carbons (Fsp3) is 0.846. The predicted octanol–water partition coefficient (Wildman–Crippen LogP) is 0.0906. The maximum Gasteiger partial charge on any atom is 0.305 e. The Morgan fingerprint density at radius 1 is 0.714 bits per heavy atom. The summed E-state index contributed by atoms with van der Waals surface area (Å²) in [5.74, 6) is -1.20. The number of ether oxygens (including phenoxy) is 5. The largest absolute Gasteiger partial charge is 0.481 e. The second-order valence-corrected chi connectivity index (χ2v) is 3.93. The van der Waals surface area contributed by atoms with Crippen LogP contribution >= 0.6 is 0 Å². The molecule has 0 aliphatic heterocycles. The molecule has 0 rings (SSSR count). The van der Waals surface area contributed by atoms with Gasteiger partial charge in [-0.25, -0.2) is 0 Å². The number of esters is 1. The van der Waals surface area contributed by atoms with Gasteiger partial charge in [-0.15, -0.1) is 0 Å². The van der Waals surface area contributed by atoms with Gasteiger partial charge in [-0.1, -0.05) is 0 Å². The summed E-state index contributed by atoms with van der Waals surface area (Å²) in [6, 6.07) is 0. The summed E-state index contributed by atoms with van der Waals surface area (Å²) in [6.45, 7) is 4.68. The lowest BCUT2D eigenvalue weighted by Gasteiger charge is -2.07. The van der Waals surface area contributed by atoms with Gasteiger partial charge in [0, 0.05) is 6.92 Å². The smallest absolute Gasteiger partial charge is 0.305 e. The zero-order valence-corrected chi connectivity index (χ0v) is 12.4. The molecular weight excluding hydrogens is 284 g/mol. The van der Waals surface area contributed by atoms with E-state index in [1.54, 1.807) is 0 Å². The van der Waals surface area contributed by atoms with E-state index < -0.39 is 5.97 Å². The molecule has 1 N–H and O–H groups in total. The van der Waals surface area contributed by atoms with Crippen LogP contribution in [-0.4, -0.2) is 76.5 Å². The van der Waals surface area contributed by atoms with Crippen LogP contribution in [0.1, 0.15) is 13.3 Å². The highest BCUT2D eigenvalue weighted by Crippen LogP contribution is 1.85. The minimum Gasteiger partial charge on any atom is -0.481 e. The number of carbonyl (C=O) groups excluding carboxylic acids is 1. The first-order chi connectivity index (χ1) is 10.1. The van der Waals surface area contributed by atoms with Gasteiger partial charge in [0.05, 0.1) is 59.3 Å². The average molecular weight is 308 g/mol. The van der Waals surface area contributed by atoms with Crippen molar-refractivity contribution >= 4 is 11.9 Å². The molecule has 8 nitrogen and oxygen atoms in total. The standard InChI is InChI=1S/C13H24O8/c1-12(14)21-11-10-20-9-8-19-7-6-18-5-4-17-3-2-13(15)16/h2-11H2,1H3,(H,15,16). The number of hydrogen-bond acceptors (Lipinski definition) is 7. The quantitative estimate of drug-likeness (QED) is 0.335. The Kier molecular flexibility index (Phi) is 14.3. The van der Waals surface area contributed by atoms with Crippen LogP contribution in [0.2, 0.25) is 0 Å². The maximum atomic E-state index is 10.4. The van der Waals surface area contributed by atoms with Crippen molar-refractivity contribution in [1.29, 1.82) is 0 Å². The highest BCUT2D eigenvalue weighted by molar-refractivity contribution is 5.66. The fourth-order valence-corrected chi connectivity index (χ4v) is 1.17. The van der Waals surface area contributed by atoms with E-state index in [0.29, 0.717) is 46.2 Å². The molecule has 0 amide bonds. The van der Waals surface area contributed by atoms with Crippen molar-refractivity contribution in [3.05, 3.63) is 0 Å². The molecule has 8 heteroatoms. The van der Waals surface area contributed by atoms with Gasteiger partial charge in [-0.2, -0.15) is 0 Å². The Morgan fingerprint density at radius 2 is 1.10 bits per heavy atom. The lowest BCUT2D eigenvalue weighted by molar-refractivity contribution is -0.142. The first-order valence-electron chi connectivity index (χ1n) is 6.79. The van der Waals surface area contributed by atoms with Crippen molar-refractivity contribution in [3.8, 4) is 0 Å². The van der Waals surface area contributed by atoms with Crippen LogP contribution in [0.5, 0.6) is 0 Å². The summed E-state index contributed by atoms with van der Waals surface area (Å²) in [5, 5.41) is 8.37. The van der Waals surface area contributed by atoms with E-state index in [9.17, 15) is 9.59 Å². The van der Waals surface area contributed by atoms with E-state index in [1.807, 2.05) is 0 Å². The van der Waals surface area contributed by atoms with Crippen molar-refractivity contribution in [2.45, 2.75) is 13.3 Å². The first kappa shape index (κ1) is 19.8. The van der Waals surface area contributed by atoms with E-state index in [2.05, 4.69) is 4.74 Å². The van der Waals surface area contributed by atoms with Crippen LogP contribution in [-0.2, 0) is 33.3 Å². The van der Waals surface area contributed by atoms with Gasteiger partial charge < -0.3 is 28.8 Å². The van der Waals surface area contributed by atoms with E-state index in [4.69, 9.17) is 24.1 Å². The lowest BCUT2D eigenvalue weighted by Crippen LogP contribution is -2.14. The molecule has 0 unspecified atom stereocenters. The van der Waals surface area contributed by atoms with Gasteiger partial charge in [0.1, 0.15) is 6.61 Å². The summed E-state index contributed by atoms with van der Waals surface area (Å²) >= 11 is 0. The molecule has 0 atom stereocenters. The minimum atomic E-state index is -0.876. The van der Waals surface area contributed by atoms with Gasteiger partial charge in [-0.3, -0.25) is 9.59 Å². The molecule has 0 aromatic heterocycles.